The summed E-state index contributed by atoms with van der Waals surface area (Å²) >= 11 is 0. The molecule has 29 heavy (non-hydrogen) atoms. The maximum Gasteiger partial charge on any atom is 0.314 e. The number of benzene rings is 3. The molecule has 0 amide bonds. The molecule has 0 heterocycles. The van der Waals surface area contributed by atoms with Gasteiger partial charge in [0.1, 0.15) is 0 Å². The third-order valence-corrected chi connectivity index (χ3v) is 5.08. The van der Waals surface area contributed by atoms with E-state index < -0.39 is 12.0 Å². The monoisotopic (exact) mass is 386 g/mol. The second kappa shape index (κ2) is 9.33. The standard InChI is InChI=1S/C26H26O3/c1-4-23(20-8-6-5-7-9-20)26(28)29-25(22-16-12-19(3)13-17-22)24(27)21-14-10-18(2)11-15-21/h5-17,23,25H,4H2,1-3H3/t23-,25-/m0/s1. The van der Waals surface area contributed by atoms with Gasteiger partial charge in [0.25, 0.3) is 0 Å². The first-order valence-corrected chi connectivity index (χ1v) is 9.92. The van der Waals surface area contributed by atoms with Crippen molar-refractivity contribution < 1.29 is 14.3 Å². The lowest BCUT2D eigenvalue weighted by Crippen LogP contribution is -2.24. The molecule has 0 saturated heterocycles. The Kier molecular flexibility index (Phi) is 6.61. The molecule has 0 aliphatic carbocycles. The van der Waals surface area contributed by atoms with Gasteiger partial charge in [-0.15, -0.1) is 0 Å². The average molecular weight is 386 g/mol. The molecule has 2 atom stereocenters. The molecule has 0 radical (unpaired) electrons. The number of hydrogen-bond acceptors (Lipinski definition) is 3. The number of ether oxygens (including phenoxy) is 1. The molecule has 3 heteroatoms. The van der Waals surface area contributed by atoms with Crippen LogP contribution in [0.5, 0.6) is 0 Å². The zero-order chi connectivity index (χ0) is 20.8. The van der Waals surface area contributed by atoms with Gasteiger partial charge in [0.2, 0.25) is 5.78 Å². The van der Waals surface area contributed by atoms with Crippen LogP contribution < -0.4 is 0 Å². The number of esters is 1. The normalized spacial score (nSPS) is 12.8. The minimum atomic E-state index is -0.969. The second-order valence-corrected chi connectivity index (χ2v) is 7.33. The van der Waals surface area contributed by atoms with E-state index in [9.17, 15) is 9.59 Å². The lowest BCUT2D eigenvalue weighted by molar-refractivity contribution is -0.149. The maximum atomic E-state index is 13.2. The van der Waals surface area contributed by atoms with Crippen LogP contribution >= 0.6 is 0 Å². The first-order valence-electron chi connectivity index (χ1n) is 9.92. The number of rotatable bonds is 7. The number of hydrogen-bond donors (Lipinski definition) is 0. The highest BCUT2D eigenvalue weighted by Crippen LogP contribution is 2.28. The molecular formula is C26H26O3. The van der Waals surface area contributed by atoms with Crippen LogP contribution in [0.3, 0.4) is 0 Å². The first-order chi connectivity index (χ1) is 14.0. The Hall–Kier alpha value is -3.20. The molecule has 0 aromatic heterocycles. The van der Waals surface area contributed by atoms with E-state index in [1.54, 1.807) is 12.1 Å². The molecule has 3 rings (SSSR count). The minimum absolute atomic E-state index is 0.217. The van der Waals surface area contributed by atoms with E-state index in [1.807, 2.05) is 87.5 Å². The fraction of sp³-hybridized carbons (Fsp3) is 0.231. The highest BCUT2D eigenvalue weighted by molar-refractivity contribution is 6.01. The highest BCUT2D eigenvalue weighted by Gasteiger charge is 2.30. The summed E-state index contributed by atoms with van der Waals surface area (Å²) in [5.74, 6) is -1.01. The molecule has 3 aromatic carbocycles. The molecule has 0 aliphatic heterocycles. The van der Waals surface area contributed by atoms with Crippen molar-refractivity contribution >= 4 is 11.8 Å². The molecule has 0 N–H and O–H groups in total. The largest absolute Gasteiger partial charge is 0.449 e. The van der Waals surface area contributed by atoms with Crippen molar-refractivity contribution in [3.63, 3.8) is 0 Å². The lowest BCUT2D eigenvalue weighted by atomic mass is 9.95. The Morgan fingerprint density at radius 2 is 1.31 bits per heavy atom. The fourth-order valence-electron chi connectivity index (χ4n) is 3.31. The van der Waals surface area contributed by atoms with E-state index >= 15 is 0 Å². The van der Waals surface area contributed by atoms with Crippen LogP contribution in [0.1, 0.15) is 58.0 Å². The predicted octanol–water partition coefficient (Wildman–Crippen LogP) is 5.96. The van der Waals surface area contributed by atoms with Crippen molar-refractivity contribution in [1.82, 2.24) is 0 Å². The number of aryl methyl sites for hydroxylation is 2. The molecule has 0 spiro atoms. The molecule has 0 aliphatic rings. The van der Waals surface area contributed by atoms with Crippen molar-refractivity contribution in [3.05, 3.63) is 107 Å². The van der Waals surface area contributed by atoms with Crippen LogP contribution in [0.25, 0.3) is 0 Å². The minimum Gasteiger partial charge on any atom is -0.449 e. The molecule has 0 unspecified atom stereocenters. The van der Waals surface area contributed by atoms with Gasteiger partial charge in [-0.25, -0.2) is 0 Å². The Bertz CT molecular complexity index is 957. The Morgan fingerprint density at radius 1 is 0.759 bits per heavy atom. The van der Waals surface area contributed by atoms with Crippen molar-refractivity contribution in [1.29, 1.82) is 0 Å². The van der Waals surface area contributed by atoms with Gasteiger partial charge in [0, 0.05) is 11.1 Å². The van der Waals surface area contributed by atoms with Crippen LogP contribution in [0.15, 0.2) is 78.9 Å². The van der Waals surface area contributed by atoms with Gasteiger partial charge in [-0.1, -0.05) is 96.9 Å². The van der Waals surface area contributed by atoms with Crippen LogP contribution in [0, 0.1) is 13.8 Å². The summed E-state index contributed by atoms with van der Waals surface area (Å²) in [6.45, 7) is 5.90. The van der Waals surface area contributed by atoms with Crippen molar-refractivity contribution in [2.45, 2.75) is 39.2 Å². The molecule has 0 fully saturated rings. The summed E-state index contributed by atoms with van der Waals surface area (Å²) in [7, 11) is 0. The Morgan fingerprint density at radius 3 is 1.86 bits per heavy atom. The zero-order valence-corrected chi connectivity index (χ0v) is 17.1. The quantitative estimate of drug-likeness (QED) is 0.371. The van der Waals surface area contributed by atoms with Gasteiger partial charge in [-0.05, 0) is 25.8 Å². The van der Waals surface area contributed by atoms with Gasteiger partial charge in [0.05, 0.1) is 5.92 Å². The summed E-state index contributed by atoms with van der Waals surface area (Å²) < 4.78 is 5.84. The first kappa shape index (κ1) is 20.5. The maximum absolute atomic E-state index is 13.2. The summed E-state index contributed by atoms with van der Waals surface area (Å²) in [4.78, 5) is 26.3. The Labute approximate surface area is 172 Å². The van der Waals surface area contributed by atoms with E-state index in [0.29, 0.717) is 17.5 Å². The summed E-state index contributed by atoms with van der Waals surface area (Å²) in [5.41, 5.74) is 4.25. The second-order valence-electron chi connectivity index (χ2n) is 7.33. The number of carbonyl (C=O) groups excluding carboxylic acids is 2. The third kappa shape index (κ3) is 5.00. The van der Waals surface area contributed by atoms with E-state index in [4.69, 9.17) is 4.74 Å². The molecular weight excluding hydrogens is 360 g/mol. The zero-order valence-electron chi connectivity index (χ0n) is 17.1. The van der Waals surface area contributed by atoms with Gasteiger partial charge in [-0.2, -0.15) is 0 Å². The van der Waals surface area contributed by atoms with Gasteiger partial charge < -0.3 is 4.74 Å². The van der Waals surface area contributed by atoms with Crippen molar-refractivity contribution in [3.8, 4) is 0 Å². The fourth-order valence-corrected chi connectivity index (χ4v) is 3.31. The van der Waals surface area contributed by atoms with E-state index in [-0.39, 0.29) is 11.8 Å². The van der Waals surface area contributed by atoms with E-state index in [0.717, 1.165) is 16.7 Å². The van der Waals surface area contributed by atoms with Crippen LogP contribution in [0.2, 0.25) is 0 Å². The van der Waals surface area contributed by atoms with E-state index in [2.05, 4.69) is 0 Å². The smallest absolute Gasteiger partial charge is 0.314 e. The van der Waals surface area contributed by atoms with Crippen LogP contribution in [-0.4, -0.2) is 11.8 Å². The van der Waals surface area contributed by atoms with Gasteiger partial charge in [0.15, 0.2) is 6.10 Å². The topological polar surface area (TPSA) is 43.4 Å². The summed E-state index contributed by atoms with van der Waals surface area (Å²) in [5, 5.41) is 0. The Balaban J connectivity index is 1.92. The van der Waals surface area contributed by atoms with Crippen molar-refractivity contribution in [2.24, 2.45) is 0 Å². The molecule has 148 valence electrons. The molecule has 3 aromatic rings. The van der Waals surface area contributed by atoms with Crippen LogP contribution in [0.4, 0.5) is 0 Å². The summed E-state index contributed by atoms with van der Waals surface area (Å²) in [6.07, 6.45) is -0.370. The molecule has 0 saturated carbocycles. The highest BCUT2D eigenvalue weighted by atomic mass is 16.5. The summed E-state index contributed by atoms with van der Waals surface area (Å²) in [6, 6.07) is 24.4. The number of ketones is 1. The lowest BCUT2D eigenvalue weighted by Gasteiger charge is -2.21. The molecule has 3 nitrogen and oxygen atoms in total. The van der Waals surface area contributed by atoms with Gasteiger partial charge >= 0.3 is 5.97 Å². The average Bonchev–Trinajstić information content (AvgIpc) is 2.74. The predicted molar refractivity (Wildman–Crippen MR) is 115 cm³/mol. The molecule has 0 bridgehead atoms. The van der Waals surface area contributed by atoms with E-state index in [1.165, 1.54) is 0 Å². The number of carbonyl (C=O) groups is 2. The van der Waals surface area contributed by atoms with Crippen LogP contribution in [-0.2, 0) is 9.53 Å². The number of Topliss-reactive ketones (excluding diaryl/α,β-unsaturated/α-hetero) is 1. The van der Waals surface area contributed by atoms with Gasteiger partial charge in [-0.3, -0.25) is 9.59 Å². The third-order valence-electron chi connectivity index (χ3n) is 5.08. The van der Waals surface area contributed by atoms with Crippen molar-refractivity contribution in [2.75, 3.05) is 0 Å². The SMILES string of the molecule is CC[C@H](C(=O)O[C@H](C(=O)c1ccc(C)cc1)c1ccc(C)cc1)c1ccccc1.